The SMILES string of the molecule is CC(C)COC(C)ONC(=O)/C=C/c1cccc(S(=O)(=O)N[C@H](C(=O)O)c2ccccc2)c1. The highest BCUT2D eigenvalue weighted by molar-refractivity contribution is 7.89. The fourth-order valence-electron chi connectivity index (χ4n) is 2.62. The van der Waals surface area contributed by atoms with E-state index in [1.165, 1.54) is 42.5 Å². The Morgan fingerprint density at radius 2 is 1.76 bits per heavy atom. The third-order valence-corrected chi connectivity index (χ3v) is 5.66. The molecule has 0 aliphatic rings. The fourth-order valence-corrected chi connectivity index (χ4v) is 3.86. The minimum atomic E-state index is -4.16. The Hall–Kier alpha value is -3.05. The zero-order valence-electron chi connectivity index (χ0n) is 18.6. The van der Waals surface area contributed by atoms with Gasteiger partial charge in [0.05, 0.1) is 11.5 Å². The molecule has 33 heavy (non-hydrogen) atoms. The second-order valence-corrected chi connectivity index (χ2v) is 9.30. The van der Waals surface area contributed by atoms with Crippen LogP contribution in [0.25, 0.3) is 6.08 Å². The van der Waals surface area contributed by atoms with Crippen LogP contribution in [-0.4, -0.2) is 38.3 Å². The maximum Gasteiger partial charge on any atom is 0.326 e. The van der Waals surface area contributed by atoms with Crippen LogP contribution < -0.4 is 10.2 Å². The largest absolute Gasteiger partial charge is 0.480 e. The molecule has 178 valence electrons. The molecule has 0 saturated carbocycles. The van der Waals surface area contributed by atoms with Crippen LogP contribution in [0.4, 0.5) is 0 Å². The van der Waals surface area contributed by atoms with Crippen molar-refractivity contribution in [2.75, 3.05) is 6.61 Å². The number of rotatable bonds is 12. The predicted molar refractivity (Wildman–Crippen MR) is 122 cm³/mol. The zero-order chi connectivity index (χ0) is 24.4. The third-order valence-electron chi connectivity index (χ3n) is 4.24. The Kier molecular flexibility index (Phi) is 9.74. The van der Waals surface area contributed by atoms with Gasteiger partial charge in [-0.1, -0.05) is 56.3 Å². The number of ether oxygens (including phenoxy) is 1. The van der Waals surface area contributed by atoms with Crippen molar-refractivity contribution in [1.82, 2.24) is 10.2 Å². The molecule has 0 heterocycles. The molecule has 0 fully saturated rings. The lowest BCUT2D eigenvalue weighted by atomic mass is 10.1. The lowest BCUT2D eigenvalue weighted by molar-refractivity contribution is -0.180. The summed E-state index contributed by atoms with van der Waals surface area (Å²) in [6.07, 6.45) is 1.96. The molecular formula is C23H28N2O7S. The molecule has 2 atom stereocenters. The van der Waals surface area contributed by atoms with Gasteiger partial charge in [-0.25, -0.2) is 18.7 Å². The van der Waals surface area contributed by atoms with Crippen LogP contribution in [0.2, 0.25) is 0 Å². The molecule has 1 amide bonds. The second kappa shape index (κ2) is 12.3. The molecule has 0 bridgehead atoms. The van der Waals surface area contributed by atoms with Crippen molar-refractivity contribution in [3.63, 3.8) is 0 Å². The maximum absolute atomic E-state index is 12.8. The Morgan fingerprint density at radius 1 is 1.06 bits per heavy atom. The van der Waals surface area contributed by atoms with Crippen LogP contribution in [0.5, 0.6) is 0 Å². The molecule has 2 aromatic rings. The van der Waals surface area contributed by atoms with Gasteiger partial charge in [-0.15, -0.1) is 0 Å². The molecule has 0 spiro atoms. The molecule has 0 aromatic heterocycles. The fraction of sp³-hybridized carbons (Fsp3) is 0.304. The molecule has 0 aliphatic carbocycles. The highest BCUT2D eigenvalue weighted by atomic mass is 32.2. The first-order valence-electron chi connectivity index (χ1n) is 10.2. The Bertz CT molecular complexity index is 1070. The summed E-state index contributed by atoms with van der Waals surface area (Å²) in [5, 5.41) is 9.48. The summed E-state index contributed by atoms with van der Waals surface area (Å²) in [6, 6.07) is 12.3. The van der Waals surface area contributed by atoms with Gasteiger partial charge in [0.1, 0.15) is 6.04 Å². The number of hydrogen-bond donors (Lipinski definition) is 3. The van der Waals surface area contributed by atoms with Gasteiger partial charge in [0.2, 0.25) is 10.0 Å². The average molecular weight is 477 g/mol. The molecule has 10 heteroatoms. The van der Waals surface area contributed by atoms with Crippen molar-refractivity contribution in [2.45, 2.75) is 38.0 Å². The summed E-state index contributed by atoms with van der Waals surface area (Å²) >= 11 is 0. The zero-order valence-corrected chi connectivity index (χ0v) is 19.4. The standard InChI is InChI=1S/C23H28N2O7S/c1-16(2)15-31-17(3)32-24-21(26)13-12-18-8-7-11-20(14-18)33(29,30)25-22(23(27)28)19-9-5-4-6-10-19/h4-14,16-17,22,25H,15H2,1-3H3,(H,24,26)(H,27,28)/b13-12+/t17?,22-/m0/s1. The predicted octanol–water partition coefficient (Wildman–Crippen LogP) is 2.87. The quantitative estimate of drug-likeness (QED) is 0.244. The summed E-state index contributed by atoms with van der Waals surface area (Å²) in [4.78, 5) is 28.5. The van der Waals surface area contributed by atoms with Gasteiger partial charge in [-0.2, -0.15) is 4.72 Å². The van der Waals surface area contributed by atoms with E-state index in [0.717, 1.165) is 0 Å². The molecule has 0 radical (unpaired) electrons. The number of carboxylic acid groups (broad SMARTS) is 1. The van der Waals surface area contributed by atoms with Crippen molar-refractivity contribution < 1.29 is 32.7 Å². The van der Waals surface area contributed by atoms with Gasteiger partial charge < -0.3 is 9.84 Å². The summed E-state index contributed by atoms with van der Waals surface area (Å²) in [5.74, 6) is -1.57. The number of aliphatic carboxylic acids is 1. The van der Waals surface area contributed by atoms with Gasteiger partial charge in [-0.05, 0) is 42.2 Å². The summed E-state index contributed by atoms with van der Waals surface area (Å²) < 4.78 is 33.2. The van der Waals surface area contributed by atoms with Crippen molar-refractivity contribution >= 4 is 28.0 Å². The minimum Gasteiger partial charge on any atom is -0.480 e. The average Bonchev–Trinajstić information content (AvgIpc) is 2.79. The van der Waals surface area contributed by atoms with Crippen LogP contribution in [0.3, 0.4) is 0 Å². The van der Waals surface area contributed by atoms with E-state index in [0.29, 0.717) is 23.7 Å². The van der Waals surface area contributed by atoms with Crippen LogP contribution in [0, 0.1) is 5.92 Å². The van der Waals surface area contributed by atoms with Crippen molar-refractivity contribution in [2.24, 2.45) is 5.92 Å². The van der Waals surface area contributed by atoms with E-state index >= 15 is 0 Å². The maximum atomic E-state index is 12.8. The van der Waals surface area contributed by atoms with E-state index in [2.05, 4.69) is 10.2 Å². The van der Waals surface area contributed by atoms with Gasteiger partial charge in [0.15, 0.2) is 6.29 Å². The number of sulfonamides is 1. The first-order valence-corrected chi connectivity index (χ1v) is 11.7. The normalized spacial score (nSPS) is 13.7. The van der Waals surface area contributed by atoms with Gasteiger partial charge in [0, 0.05) is 6.08 Å². The number of amides is 1. The first kappa shape index (κ1) is 26.2. The van der Waals surface area contributed by atoms with Crippen molar-refractivity contribution in [3.05, 3.63) is 71.8 Å². The number of benzene rings is 2. The monoisotopic (exact) mass is 476 g/mol. The molecule has 3 N–H and O–H groups in total. The van der Waals surface area contributed by atoms with Crippen LogP contribution in [-0.2, 0) is 29.2 Å². The van der Waals surface area contributed by atoms with Crippen LogP contribution >= 0.6 is 0 Å². The Morgan fingerprint density at radius 3 is 2.39 bits per heavy atom. The van der Waals surface area contributed by atoms with Gasteiger partial charge in [-0.3, -0.25) is 9.59 Å². The van der Waals surface area contributed by atoms with Crippen LogP contribution in [0.1, 0.15) is 37.9 Å². The second-order valence-electron chi connectivity index (χ2n) is 7.59. The van der Waals surface area contributed by atoms with Gasteiger partial charge >= 0.3 is 5.97 Å². The lowest BCUT2D eigenvalue weighted by Crippen LogP contribution is -2.33. The van der Waals surface area contributed by atoms with Crippen LogP contribution in [0.15, 0.2) is 65.6 Å². The van der Waals surface area contributed by atoms with E-state index in [1.54, 1.807) is 31.2 Å². The van der Waals surface area contributed by atoms with E-state index in [4.69, 9.17) is 9.57 Å². The smallest absolute Gasteiger partial charge is 0.326 e. The summed E-state index contributed by atoms with van der Waals surface area (Å²) in [6.45, 7) is 6.10. The number of nitrogens with one attached hydrogen (secondary N) is 2. The number of carbonyl (C=O) groups excluding carboxylic acids is 1. The Labute approximate surface area is 193 Å². The molecule has 0 saturated heterocycles. The summed E-state index contributed by atoms with van der Waals surface area (Å²) in [5.41, 5.74) is 2.95. The minimum absolute atomic E-state index is 0.140. The highest BCUT2D eigenvalue weighted by Gasteiger charge is 2.26. The van der Waals surface area contributed by atoms with E-state index in [9.17, 15) is 23.1 Å². The van der Waals surface area contributed by atoms with Crippen molar-refractivity contribution in [3.8, 4) is 0 Å². The molecule has 2 rings (SSSR count). The Balaban J connectivity index is 2.05. The molecule has 0 aliphatic heterocycles. The van der Waals surface area contributed by atoms with Crippen molar-refractivity contribution in [1.29, 1.82) is 0 Å². The molecule has 9 nitrogen and oxygen atoms in total. The molecule has 1 unspecified atom stereocenters. The van der Waals surface area contributed by atoms with E-state index in [1.807, 2.05) is 13.8 Å². The molecular weight excluding hydrogens is 448 g/mol. The lowest BCUT2D eigenvalue weighted by Gasteiger charge is -2.15. The highest BCUT2D eigenvalue weighted by Crippen LogP contribution is 2.19. The number of hydroxylamine groups is 1. The topological polar surface area (TPSA) is 131 Å². The van der Waals surface area contributed by atoms with E-state index in [-0.39, 0.29) is 4.90 Å². The first-order chi connectivity index (χ1) is 15.6. The number of carboxylic acids is 1. The molecule has 2 aromatic carbocycles. The number of carbonyl (C=O) groups is 2. The number of hydrogen-bond acceptors (Lipinski definition) is 6. The third kappa shape index (κ3) is 8.78. The van der Waals surface area contributed by atoms with Gasteiger partial charge in [0.25, 0.3) is 5.91 Å². The summed E-state index contributed by atoms with van der Waals surface area (Å²) in [7, 11) is -4.16. The van der Waals surface area contributed by atoms with E-state index < -0.39 is 34.2 Å².